The van der Waals surface area contributed by atoms with Gasteiger partial charge in [0, 0.05) is 19.1 Å². The van der Waals surface area contributed by atoms with E-state index >= 15 is 0 Å². The zero-order valence-electron chi connectivity index (χ0n) is 9.90. The Morgan fingerprint density at radius 3 is 2.88 bits per heavy atom. The summed E-state index contributed by atoms with van der Waals surface area (Å²) >= 11 is 1.29. The first-order chi connectivity index (χ1) is 8.12. The predicted octanol–water partition coefficient (Wildman–Crippen LogP) is 1.69. The molecule has 0 bridgehead atoms. The van der Waals surface area contributed by atoms with Crippen molar-refractivity contribution in [1.82, 2.24) is 10.0 Å². The molecule has 1 saturated carbocycles. The Bertz CT molecular complexity index is 464. The average Bonchev–Trinajstić information content (AvgIpc) is 3.00. The monoisotopic (exact) mass is 274 g/mol. The van der Waals surface area contributed by atoms with E-state index < -0.39 is 10.0 Å². The van der Waals surface area contributed by atoms with Crippen LogP contribution in [0.2, 0.25) is 0 Å². The van der Waals surface area contributed by atoms with Crippen molar-refractivity contribution in [2.75, 3.05) is 6.54 Å². The van der Waals surface area contributed by atoms with Gasteiger partial charge in [-0.2, -0.15) is 0 Å². The van der Waals surface area contributed by atoms with Crippen molar-refractivity contribution >= 4 is 21.4 Å². The van der Waals surface area contributed by atoms with E-state index in [0.29, 0.717) is 16.8 Å². The second-order valence-corrected chi connectivity index (χ2v) is 7.23. The van der Waals surface area contributed by atoms with Gasteiger partial charge in [0.15, 0.2) is 0 Å². The van der Waals surface area contributed by atoms with Gasteiger partial charge in [-0.15, -0.1) is 11.3 Å². The summed E-state index contributed by atoms with van der Waals surface area (Å²) in [6, 6.07) is 2.41. The number of hydrogen-bond donors (Lipinski definition) is 2. The summed E-state index contributed by atoms with van der Waals surface area (Å²) in [5.41, 5.74) is 1.05. The molecule has 0 radical (unpaired) electrons. The van der Waals surface area contributed by atoms with Gasteiger partial charge in [0.05, 0.1) is 0 Å². The minimum Gasteiger partial charge on any atom is -0.310 e. The van der Waals surface area contributed by atoms with Crippen molar-refractivity contribution in [1.29, 1.82) is 0 Å². The molecule has 0 aliphatic heterocycles. The minimum atomic E-state index is -3.28. The smallest absolute Gasteiger partial charge is 0.250 e. The van der Waals surface area contributed by atoms with Crippen LogP contribution in [0.1, 0.15) is 31.7 Å². The molecular formula is C11H18N2O2S2. The van der Waals surface area contributed by atoms with Gasteiger partial charge in [-0.05, 0) is 36.3 Å². The molecule has 0 unspecified atom stereocenters. The topological polar surface area (TPSA) is 58.2 Å². The lowest BCUT2D eigenvalue weighted by Gasteiger charge is -2.02. The fraction of sp³-hybridized carbons (Fsp3) is 0.636. The van der Waals surface area contributed by atoms with Gasteiger partial charge in [-0.25, -0.2) is 13.1 Å². The van der Waals surface area contributed by atoms with Crippen molar-refractivity contribution in [2.45, 2.75) is 43.0 Å². The second kappa shape index (κ2) is 5.48. The molecule has 0 saturated heterocycles. The Kier molecular flexibility index (Phi) is 4.19. The average molecular weight is 274 g/mol. The molecular weight excluding hydrogens is 256 g/mol. The van der Waals surface area contributed by atoms with Crippen molar-refractivity contribution in [3.8, 4) is 0 Å². The second-order valence-electron chi connectivity index (χ2n) is 4.33. The van der Waals surface area contributed by atoms with Crippen LogP contribution in [-0.4, -0.2) is 21.0 Å². The van der Waals surface area contributed by atoms with Crippen LogP contribution in [0.5, 0.6) is 0 Å². The lowest BCUT2D eigenvalue weighted by Crippen LogP contribution is -2.23. The van der Waals surface area contributed by atoms with E-state index in [4.69, 9.17) is 0 Å². The van der Waals surface area contributed by atoms with Gasteiger partial charge in [0.2, 0.25) is 10.0 Å². The number of rotatable bonds is 7. The summed E-state index contributed by atoms with van der Waals surface area (Å²) in [5.74, 6) is 0. The van der Waals surface area contributed by atoms with E-state index in [9.17, 15) is 8.42 Å². The van der Waals surface area contributed by atoms with Gasteiger partial charge < -0.3 is 5.32 Å². The highest BCUT2D eigenvalue weighted by atomic mass is 32.2. The van der Waals surface area contributed by atoms with Crippen molar-refractivity contribution in [2.24, 2.45) is 0 Å². The minimum absolute atomic E-state index is 0.415. The molecule has 6 heteroatoms. The molecule has 1 aromatic heterocycles. The maximum atomic E-state index is 11.8. The van der Waals surface area contributed by atoms with Crippen LogP contribution in [0.3, 0.4) is 0 Å². The molecule has 2 N–H and O–H groups in total. The summed E-state index contributed by atoms with van der Waals surface area (Å²) in [6.45, 7) is 3.21. The first-order valence-corrected chi connectivity index (χ1v) is 8.28. The highest BCUT2D eigenvalue weighted by Gasteiger charge is 2.21. The summed E-state index contributed by atoms with van der Waals surface area (Å²) in [7, 11) is -3.28. The molecule has 2 rings (SSSR count). The van der Waals surface area contributed by atoms with E-state index in [-0.39, 0.29) is 0 Å². The van der Waals surface area contributed by atoms with Crippen LogP contribution in [0.25, 0.3) is 0 Å². The molecule has 17 heavy (non-hydrogen) atoms. The van der Waals surface area contributed by atoms with E-state index in [2.05, 4.69) is 10.0 Å². The lowest BCUT2D eigenvalue weighted by molar-refractivity contribution is 0.583. The van der Waals surface area contributed by atoms with Crippen LogP contribution in [-0.2, 0) is 16.6 Å². The normalized spacial score (nSPS) is 16.3. The van der Waals surface area contributed by atoms with Crippen LogP contribution in [0.15, 0.2) is 15.7 Å². The molecule has 96 valence electrons. The van der Waals surface area contributed by atoms with Crippen LogP contribution < -0.4 is 10.0 Å². The highest BCUT2D eigenvalue weighted by molar-refractivity contribution is 7.91. The Labute approximate surface area is 106 Å². The maximum Gasteiger partial charge on any atom is 0.250 e. The molecule has 0 aromatic carbocycles. The highest BCUT2D eigenvalue weighted by Crippen LogP contribution is 2.22. The molecule has 4 nitrogen and oxygen atoms in total. The Morgan fingerprint density at radius 2 is 2.24 bits per heavy atom. The molecule has 1 fully saturated rings. The zero-order chi connectivity index (χ0) is 12.3. The van der Waals surface area contributed by atoms with Gasteiger partial charge in [-0.1, -0.05) is 6.92 Å². The standard InChI is InChI=1S/C11H18N2O2S2/c1-2-5-13-17(14,15)11-6-9(8-16-11)7-12-10-3-4-10/h6,8,10,12-13H,2-5,7H2,1H3. The maximum absolute atomic E-state index is 11.8. The predicted molar refractivity (Wildman–Crippen MR) is 69.7 cm³/mol. The number of nitrogens with one attached hydrogen (secondary N) is 2. The van der Waals surface area contributed by atoms with Gasteiger partial charge in [-0.3, -0.25) is 0 Å². The third-order valence-electron chi connectivity index (χ3n) is 2.61. The van der Waals surface area contributed by atoms with Gasteiger partial charge in [0.1, 0.15) is 4.21 Å². The summed E-state index contributed by atoms with van der Waals surface area (Å²) < 4.78 is 26.7. The fourth-order valence-electron chi connectivity index (χ4n) is 1.44. The third kappa shape index (κ3) is 3.77. The lowest BCUT2D eigenvalue weighted by atomic mass is 10.3. The van der Waals surface area contributed by atoms with Crippen molar-refractivity contribution in [3.05, 3.63) is 17.0 Å². The quantitative estimate of drug-likeness (QED) is 0.795. The number of sulfonamides is 1. The summed E-state index contributed by atoms with van der Waals surface area (Å²) in [4.78, 5) is 0. The Morgan fingerprint density at radius 1 is 1.47 bits per heavy atom. The molecule has 1 aromatic rings. The van der Waals surface area contributed by atoms with Crippen molar-refractivity contribution in [3.63, 3.8) is 0 Å². The van der Waals surface area contributed by atoms with Crippen LogP contribution in [0, 0.1) is 0 Å². The molecule has 0 amide bonds. The Hall–Kier alpha value is -0.430. The fourth-order valence-corrected chi connectivity index (χ4v) is 3.83. The van der Waals surface area contributed by atoms with Crippen molar-refractivity contribution < 1.29 is 8.42 Å². The largest absolute Gasteiger partial charge is 0.310 e. The molecule has 0 spiro atoms. The zero-order valence-corrected chi connectivity index (χ0v) is 11.5. The number of hydrogen-bond acceptors (Lipinski definition) is 4. The van der Waals surface area contributed by atoms with Gasteiger partial charge in [0.25, 0.3) is 0 Å². The molecule has 1 heterocycles. The molecule has 0 atom stereocenters. The summed E-state index contributed by atoms with van der Waals surface area (Å²) in [5, 5.41) is 5.28. The first kappa shape index (κ1) is 13.0. The van der Waals surface area contributed by atoms with Gasteiger partial charge >= 0.3 is 0 Å². The van der Waals surface area contributed by atoms with E-state index in [0.717, 1.165) is 18.5 Å². The van der Waals surface area contributed by atoms with E-state index in [1.165, 1.54) is 24.2 Å². The third-order valence-corrected chi connectivity index (χ3v) is 5.56. The summed E-state index contributed by atoms with van der Waals surface area (Å²) in [6.07, 6.45) is 3.29. The van der Waals surface area contributed by atoms with Crippen LogP contribution >= 0.6 is 11.3 Å². The number of thiophene rings is 1. The first-order valence-electron chi connectivity index (χ1n) is 5.92. The molecule has 1 aliphatic carbocycles. The van der Waals surface area contributed by atoms with E-state index in [1.54, 1.807) is 6.07 Å². The molecule has 1 aliphatic rings. The van der Waals surface area contributed by atoms with Crippen LogP contribution in [0.4, 0.5) is 0 Å². The SMILES string of the molecule is CCCNS(=O)(=O)c1cc(CNC2CC2)cs1. The Balaban J connectivity index is 1.95. The van der Waals surface area contributed by atoms with E-state index in [1.807, 2.05) is 12.3 Å².